The number of amides is 1. The molecule has 2 nitrogen and oxygen atoms in total. The van der Waals surface area contributed by atoms with Gasteiger partial charge in [0.2, 0.25) is 5.91 Å². The Labute approximate surface area is 67.4 Å². The van der Waals surface area contributed by atoms with Gasteiger partial charge in [-0.25, -0.2) is 0 Å². The molecule has 2 saturated carbocycles. The molecule has 0 aromatic carbocycles. The Morgan fingerprint density at radius 1 is 1.55 bits per heavy atom. The van der Waals surface area contributed by atoms with Crippen molar-refractivity contribution < 1.29 is 4.79 Å². The van der Waals surface area contributed by atoms with E-state index in [2.05, 4.69) is 12.2 Å². The van der Waals surface area contributed by atoms with Gasteiger partial charge >= 0.3 is 0 Å². The number of rotatable bonds is 3. The molecule has 0 saturated heterocycles. The fourth-order valence-electron chi connectivity index (χ4n) is 1.44. The van der Waals surface area contributed by atoms with E-state index in [-0.39, 0.29) is 5.91 Å². The Kier molecular flexibility index (Phi) is 1.63. The van der Waals surface area contributed by atoms with Crippen molar-refractivity contribution in [3.05, 3.63) is 0 Å². The second-order valence-corrected chi connectivity index (χ2v) is 4.02. The van der Waals surface area contributed by atoms with E-state index in [1.54, 1.807) is 0 Å². The minimum absolute atomic E-state index is 0.279. The highest BCUT2D eigenvalue weighted by Gasteiger charge is 2.35. The predicted molar refractivity (Wildman–Crippen MR) is 43.1 cm³/mol. The second kappa shape index (κ2) is 2.50. The summed E-state index contributed by atoms with van der Waals surface area (Å²) in [4.78, 5) is 11.2. The van der Waals surface area contributed by atoms with E-state index in [0.29, 0.717) is 12.0 Å². The number of carbonyl (C=O) groups excluding carboxylic acids is 1. The molecule has 0 spiro atoms. The molecule has 1 N–H and O–H groups in total. The smallest absolute Gasteiger partial charge is 0.220 e. The van der Waals surface area contributed by atoms with Crippen LogP contribution in [0.2, 0.25) is 0 Å². The summed E-state index contributed by atoms with van der Waals surface area (Å²) < 4.78 is 0. The van der Waals surface area contributed by atoms with Crippen LogP contribution in [-0.4, -0.2) is 11.9 Å². The van der Waals surface area contributed by atoms with Crippen LogP contribution in [-0.2, 0) is 4.79 Å². The van der Waals surface area contributed by atoms with Crippen molar-refractivity contribution in [3.63, 3.8) is 0 Å². The molecule has 0 radical (unpaired) electrons. The van der Waals surface area contributed by atoms with E-state index in [1.165, 1.54) is 19.3 Å². The van der Waals surface area contributed by atoms with Gasteiger partial charge in [0.15, 0.2) is 0 Å². The molecule has 62 valence electrons. The Morgan fingerprint density at radius 3 is 2.64 bits per heavy atom. The summed E-state index contributed by atoms with van der Waals surface area (Å²) in [5.41, 5.74) is 0. The van der Waals surface area contributed by atoms with Gasteiger partial charge in [-0.15, -0.1) is 0 Å². The summed E-state index contributed by atoms with van der Waals surface area (Å²) in [6, 6.07) is 0.538. The first-order valence-electron chi connectivity index (χ1n) is 4.55. The Balaban J connectivity index is 1.65. The molecule has 2 heteroatoms. The van der Waals surface area contributed by atoms with Crippen LogP contribution in [0.3, 0.4) is 0 Å². The first kappa shape index (κ1) is 7.14. The first-order chi connectivity index (χ1) is 5.25. The molecule has 2 aliphatic carbocycles. The van der Waals surface area contributed by atoms with Crippen LogP contribution < -0.4 is 5.32 Å². The molecule has 2 rings (SSSR count). The normalized spacial score (nSPS) is 35.0. The van der Waals surface area contributed by atoms with Crippen molar-refractivity contribution in [2.45, 2.75) is 38.6 Å². The molecule has 1 amide bonds. The highest BCUT2D eigenvalue weighted by Crippen LogP contribution is 2.40. The van der Waals surface area contributed by atoms with Gasteiger partial charge in [0.05, 0.1) is 0 Å². The molecular weight excluding hydrogens is 138 g/mol. The maximum Gasteiger partial charge on any atom is 0.220 e. The van der Waals surface area contributed by atoms with Crippen molar-refractivity contribution in [2.24, 2.45) is 11.8 Å². The summed E-state index contributed by atoms with van der Waals surface area (Å²) in [5, 5.41) is 3.01. The third-order valence-corrected chi connectivity index (χ3v) is 2.67. The summed E-state index contributed by atoms with van der Waals surface area (Å²) in [7, 11) is 0. The van der Waals surface area contributed by atoms with Gasteiger partial charge in [0.25, 0.3) is 0 Å². The standard InChI is InChI=1S/C9H15NO/c1-6-4-7(6)5-9(11)10-8-2-3-8/h6-8H,2-5H2,1H3,(H,10,11). The average Bonchev–Trinajstić information content (AvgIpc) is 2.75. The summed E-state index contributed by atoms with van der Waals surface area (Å²) in [6.07, 6.45) is 4.44. The zero-order valence-electron chi connectivity index (χ0n) is 6.97. The van der Waals surface area contributed by atoms with Crippen LogP contribution in [0.25, 0.3) is 0 Å². The van der Waals surface area contributed by atoms with Gasteiger partial charge in [-0.1, -0.05) is 6.92 Å². The van der Waals surface area contributed by atoms with E-state index >= 15 is 0 Å². The molecule has 2 unspecified atom stereocenters. The van der Waals surface area contributed by atoms with Crippen LogP contribution in [0.1, 0.15) is 32.6 Å². The molecule has 2 aliphatic rings. The van der Waals surface area contributed by atoms with Gasteiger partial charge in [-0.3, -0.25) is 4.79 Å². The zero-order chi connectivity index (χ0) is 7.84. The van der Waals surface area contributed by atoms with E-state index in [0.717, 1.165) is 12.3 Å². The summed E-state index contributed by atoms with van der Waals surface area (Å²) in [5.74, 6) is 1.79. The van der Waals surface area contributed by atoms with Crippen molar-refractivity contribution >= 4 is 5.91 Å². The van der Waals surface area contributed by atoms with Gasteiger partial charge in [-0.2, -0.15) is 0 Å². The molecular formula is C9H15NO. The highest BCUT2D eigenvalue weighted by atomic mass is 16.1. The van der Waals surface area contributed by atoms with Crippen molar-refractivity contribution in [3.8, 4) is 0 Å². The lowest BCUT2D eigenvalue weighted by Gasteiger charge is -2.00. The molecule has 2 fully saturated rings. The lowest BCUT2D eigenvalue weighted by atomic mass is 10.2. The Hall–Kier alpha value is -0.530. The van der Waals surface area contributed by atoms with Crippen LogP contribution in [0, 0.1) is 11.8 Å². The molecule has 11 heavy (non-hydrogen) atoms. The maximum atomic E-state index is 11.2. The van der Waals surface area contributed by atoms with Crippen molar-refractivity contribution in [2.75, 3.05) is 0 Å². The monoisotopic (exact) mass is 153 g/mol. The summed E-state index contributed by atoms with van der Waals surface area (Å²) in [6.45, 7) is 2.22. The van der Waals surface area contributed by atoms with Gasteiger partial charge in [-0.05, 0) is 31.1 Å². The predicted octanol–water partition coefficient (Wildman–Crippen LogP) is 1.31. The lowest BCUT2D eigenvalue weighted by molar-refractivity contribution is -0.121. The molecule has 0 bridgehead atoms. The summed E-state index contributed by atoms with van der Waals surface area (Å²) >= 11 is 0. The Bertz CT molecular complexity index is 174. The SMILES string of the molecule is CC1CC1CC(=O)NC1CC1. The van der Waals surface area contributed by atoms with Crippen LogP contribution in [0.15, 0.2) is 0 Å². The van der Waals surface area contributed by atoms with Gasteiger partial charge in [0, 0.05) is 12.5 Å². The van der Waals surface area contributed by atoms with Crippen LogP contribution in [0.5, 0.6) is 0 Å². The number of carbonyl (C=O) groups is 1. The molecule has 0 aromatic rings. The first-order valence-corrected chi connectivity index (χ1v) is 4.55. The van der Waals surface area contributed by atoms with Crippen molar-refractivity contribution in [1.29, 1.82) is 0 Å². The fraction of sp³-hybridized carbons (Fsp3) is 0.889. The van der Waals surface area contributed by atoms with E-state index in [4.69, 9.17) is 0 Å². The van der Waals surface area contributed by atoms with Gasteiger partial charge in [0.1, 0.15) is 0 Å². The van der Waals surface area contributed by atoms with Gasteiger partial charge < -0.3 is 5.32 Å². The topological polar surface area (TPSA) is 29.1 Å². The quantitative estimate of drug-likeness (QED) is 0.650. The second-order valence-electron chi connectivity index (χ2n) is 4.02. The molecule has 0 aliphatic heterocycles. The number of nitrogens with one attached hydrogen (secondary N) is 1. The minimum Gasteiger partial charge on any atom is -0.353 e. The van der Waals surface area contributed by atoms with Crippen molar-refractivity contribution in [1.82, 2.24) is 5.32 Å². The zero-order valence-corrected chi connectivity index (χ0v) is 6.97. The van der Waals surface area contributed by atoms with Crippen LogP contribution >= 0.6 is 0 Å². The number of hydrogen-bond acceptors (Lipinski definition) is 1. The largest absolute Gasteiger partial charge is 0.353 e. The third-order valence-electron chi connectivity index (χ3n) is 2.67. The minimum atomic E-state index is 0.279. The maximum absolute atomic E-state index is 11.2. The highest BCUT2D eigenvalue weighted by molar-refractivity contribution is 5.77. The van der Waals surface area contributed by atoms with E-state index in [9.17, 15) is 4.79 Å². The van der Waals surface area contributed by atoms with Crippen LogP contribution in [0.4, 0.5) is 0 Å². The fourth-order valence-corrected chi connectivity index (χ4v) is 1.44. The Morgan fingerprint density at radius 2 is 2.18 bits per heavy atom. The lowest BCUT2D eigenvalue weighted by Crippen LogP contribution is -2.25. The van der Waals surface area contributed by atoms with E-state index in [1.807, 2.05) is 0 Å². The van der Waals surface area contributed by atoms with E-state index < -0.39 is 0 Å². The number of hydrogen-bond donors (Lipinski definition) is 1. The third kappa shape index (κ3) is 1.95. The molecule has 0 aromatic heterocycles. The average molecular weight is 153 g/mol. The molecule has 0 heterocycles. The molecule has 2 atom stereocenters.